The Labute approximate surface area is 186 Å². The molecule has 0 saturated heterocycles. The first kappa shape index (κ1) is 22.9. The fourth-order valence-corrected chi connectivity index (χ4v) is 4.39. The van der Waals surface area contributed by atoms with Gasteiger partial charge in [0.2, 0.25) is 0 Å². The molecule has 0 spiro atoms. The van der Waals surface area contributed by atoms with E-state index in [1.165, 1.54) is 16.7 Å². The van der Waals surface area contributed by atoms with Gasteiger partial charge in [-0.3, -0.25) is 0 Å². The maximum Gasteiger partial charge on any atom is 0.118 e. The highest BCUT2D eigenvalue weighted by molar-refractivity contribution is 5.40. The van der Waals surface area contributed by atoms with Crippen LogP contribution in [0.15, 0.2) is 72.8 Å². The van der Waals surface area contributed by atoms with Gasteiger partial charge in [0, 0.05) is 6.61 Å². The predicted molar refractivity (Wildman–Crippen MR) is 127 cm³/mol. The second-order valence-electron chi connectivity index (χ2n) is 8.15. The summed E-state index contributed by atoms with van der Waals surface area (Å²) in [7, 11) is 0. The molecule has 3 heteroatoms. The number of aromatic hydroxyl groups is 2. The van der Waals surface area contributed by atoms with Crippen molar-refractivity contribution < 1.29 is 14.9 Å². The molecule has 2 atom stereocenters. The number of hydrogen-bond acceptors (Lipinski definition) is 3. The third kappa shape index (κ3) is 6.35. The molecule has 31 heavy (non-hydrogen) atoms. The van der Waals surface area contributed by atoms with Gasteiger partial charge in [0.25, 0.3) is 0 Å². The summed E-state index contributed by atoms with van der Waals surface area (Å²) in [5, 5.41) is 20.0. The molecule has 2 unspecified atom stereocenters. The molecule has 0 amide bonds. The van der Waals surface area contributed by atoms with Gasteiger partial charge in [-0.2, -0.15) is 0 Å². The average molecular weight is 419 g/mol. The van der Waals surface area contributed by atoms with E-state index in [0.29, 0.717) is 36.5 Å². The standard InChI is InChI=1S/C28H34O3/c1-3-26(22-12-15-25(29)16-13-22)27(4-2)23-14-17-28(30)24(19-23)11-8-18-31-20-21-9-6-5-7-10-21/h5-7,9-10,12-17,19,26-27,29-30H,3-4,8,11,18,20H2,1-2H3. The van der Waals surface area contributed by atoms with E-state index in [9.17, 15) is 10.2 Å². The Balaban J connectivity index is 1.64. The van der Waals surface area contributed by atoms with Crippen molar-refractivity contribution in [2.45, 2.75) is 58.0 Å². The van der Waals surface area contributed by atoms with Crippen LogP contribution in [0.2, 0.25) is 0 Å². The lowest BCUT2D eigenvalue weighted by molar-refractivity contribution is 0.118. The molecule has 0 aromatic heterocycles. The van der Waals surface area contributed by atoms with Crippen LogP contribution in [0.5, 0.6) is 11.5 Å². The van der Waals surface area contributed by atoms with E-state index < -0.39 is 0 Å². The lowest BCUT2D eigenvalue weighted by Crippen LogP contribution is -2.11. The van der Waals surface area contributed by atoms with Crippen LogP contribution in [0.3, 0.4) is 0 Å². The van der Waals surface area contributed by atoms with Gasteiger partial charge in [-0.1, -0.05) is 68.4 Å². The first-order valence-electron chi connectivity index (χ1n) is 11.3. The van der Waals surface area contributed by atoms with E-state index in [-0.39, 0.29) is 0 Å². The Morgan fingerprint density at radius 3 is 2.10 bits per heavy atom. The quantitative estimate of drug-likeness (QED) is 0.332. The summed E-state index contributed by atoms with van der Waals surface area (Å²) >= 11 is 0. The lowest BCUT2D eigenvalue weighted by Gasteiger charge is -2.27. The summed E-state index contributed by atoms with van der Waals surface area (Å²) in [5.41, 5.74) is 4.68. The van der Waals surface area contributed by atoms with Crippen molar-refractivity contribution in [1.29, 1.82) is 0 Å². The molecule has 3 aromatic carbocycles. The number of aryl methyl sites for hydroxylation is 1. The van der Waals surface area contributed by atoms with Crippen LogP contribution in [0.1, 0.15) is 67.2 Å². The second-order valence-corrected chi connectivity index (χ2v) is 8.15. The van der Waals surface area contributed by atoms with Gasteiger partial charge in [0.15, 0.2) is 0 Å². The minimum atomic E-state index is 0.299. The second kappa shape index (κ2) is 11.6. The molecule has 0 aliphatic heterocycles. The van der Waals surface area contributed by atoms with Gasteiger partial charge < -0.3 is 14.9 Å². The molecule has 3 rings (SSSR count). The first-order valence-corrected chi connectivity index (χ1v) is 11.3. The zero-order chi connectivity index (χ0) is 22.1. The zero-order valence-electron chi connectivity index (χ0n) is 18.6. The smallest absolute Gasteiger partial charge is 0.118 e. The SMILES string of the molecule is CCC(c1ccc(O)cc1)C(CC)c1ccc(O)c(CCCOCc2ccccc2)c1. The van der Waals surface area contributed by atoms with Gasteiger partial charge in [-0.05, 0) is 78.0 Å². The Morgan fingerprint density at radius 2 is 1.42 bits per heavy atom. The molecular weight excluding hydrogens is 384 g/mol. The number of ether oxygens (including phenoxy) is 1. The largest absolute Gasteiger partial charge is 0.508 e. The molecule has 3 aromatic rings. The summed E-state index contributed by atoms with van der Waals surface area (Å²) in [6, 6.07) is 23.8. The number of benzene rings is 3. The molecule has 0 aliphatic carbocycles. The topological polar surface area (TPSA) is 49.7 Å². The third-order valence-corrected chi connectivity index (χ3v) is 6.06. The van der Waals surface area contributed by atoms with E-state index in [0.717, 1.165) is 31.2 Å². The Bertz CT molecular complexity index is 919. The Kier molecular flexibility index (Phi) is 8.54. The van der Waals surface area contributed by atoms with Crippen molar-refractivity contribution in [3.63, 3.8) is 0 Å². The van der Waals surface area contributed by atoms with Crippen LogP contribution in [-0.2, 0) is 17.8 Å². The van der Waals surface area contributed by atoms with Crippen molar-refractivity contribution in [2.75, 3.05) is 6.61 Å². The van der Waals surface area contributed by atoms with Crippen LogP contribution in [0.4, 0.5) is 0 Å². The molecule has 0 aliphatic rings. The monoisotopic (exact) mass is 418 g/mol. The maximum absolute atomic E-state index is 10.4. The van der Waals surface area contributed by atoms with Crippen molar-refractivity contribution >= 4 is 0 Å². The van der Waals surface area contributed by atoms with Gasteiger partial charge >= 0.3 is 0 Å². The van der Waals surface area contributed by atoms with Crippen LogP contribution >= 0.6 is 0 Å². The molecule has 164 valence electrons. The minimum Gasteiger partial charge on any atom is -0.508 e. The summed E-state index contributed by atoms with van der Waals surface area (Å²) < 4.78 is 5.80. The summed E-state index contributed by atoms with van der Waals surface area (Å²) in [6.07, 6.45) is 3.70. The highest BCUT2D eigenvalue weighted by atomic mass is 16.5. The number of rotatable bonds is 11. The molecular formula is C28H34O3. The number of phenolic OH excluding ortho intramolecular Hbond substituents is 2. The van der Waals surface area contributed by atoms with E-state index in [4.69, 9.17) is 4.74 Å². The fourth-order valence-electron chi connectivity index (χ4n) is 4.39. The average Bonchev–Trinajstić information content (AvgIpc) is 2.80. The molecule has 0 fully saturated rings. The maximum atomic E-state index is 10.4. The van der Waals surface area contributed by atoms with Crippen molar-refractivity contribution in [3.8, 4) is 11.5 Å². The molecule has 2 N–H and O–H groups in total. The highest BCUT2D eigenvalue weighted by Crippen LogP contribution is 2.39. The van der Waals surface area contributed by atoms with Gasteiger partial charge in [0.05, 0.1) is 6.61 Å². The normalized spacial score (nSPS) is 13.1. The molecule has 3 nitrogen and oxygen atoms in total. The third-order valence-electron chi connectivity index (χ3n) is 6.06. The van der Waals surface area contributed by atoms with Gasteiger partial charge in [0.1, 0.15) is 11.5 Å². The Hall–Kier alpha value is -2.78. The number of phenols is 2. The molecule has 0 radical (unpaired) electrons. The Morgan fingerprint density at radius 1 is 0.774 bits per heavy atom. The summed E-state index contributed by atoms with van der Waals surface area (Å²) in [5.74, 6) is 1.40. The molecule has 0 saturated carbocycles. The fraction of sp³-hybridized carbons (Fsp3) is 0.357. The van der Waals surface area contributed by atoms with Crippen molar-refractivity contribution in [2.24, 2.45) is 0 Å². The highest BCUT2D eigenvalue weighted by Gasteiger charge is 2.23. The molecule has 0 heterocycles. The molecule has 0 bridgehead atoms. The minimum absolute atomic E-state index is 0.299. The van der Waals surface area contributed by atoms with Crippen LogP contribution in [0, 0.1) is 0 Å². The van der Waals surface area contributed by atoms with E-state index >= 15 is 0 Å². The van der Waals surface area contributed by atoms with E-state index in [1.54, 1.807) is 12.1 Å². The van der Waals surface area contributed by atoms with E-state index in [1.807, 2.05) is 36.4 Å². The first-order chi connectivity index (χ1) is 15.1. The van der Waals surface area contributed by atoms with Crippen LogP contribution in [0.25, 0.3) is 0 Å². The van der Waals surface area contributed by atoms with Crippen molar-refractivity contribution in [1.82, 2.24) is 0 Å². The number of hydrogen-bond donors (Lipinski definition) is 2. The van der Waals surface area contributed by atoms with Gasteiger partial charge in [-0.25, -0.2) is 0 Å². The van der Waals surface area contributed by atoms with Crippen LogP contribution < -0.4 is 0 Å². The predicted octanol–water partition coefficient (Wildman–Crippen LogP) is 6.93. The summed E-state index contributed by atoms with van der Waals surface area (Å²) in [6.45, 7) is 5.72. The van der Waals surface area contributed by atoms with Crippen molar-refractivity contribution in [3.05, 3.63) is 95.1 Å². The lowest BCUT2D eigenvalue weighted by atomic mass is 9.78. The zero-order valence-corrected chi connectivity index (χ0v) is 18.6. The van der Waals surface area contributed by atoms with Crippen LogP contribution in [-0.4, -0.2) is 16.8 Å². The van der Waals surface area contributed by atoms with Gasteiger partial charge in [-0.15, -0.1) is 0 Å². The van der Waals surface area contributed by atoms with E-state index in [2.05, 4.69) is 38.1 Å². The summed E-state index contributed by atoms with van der Waals surface area (Å²) in [4.78, 5) is 0.